The summed E-state index contributed by atoms with van der Waals surface area (Å²) in [7, 11) is -3.46. The molecule has 1 unspecified atom stereocenters. The van der Waals surface area contributed by atoms with Crippen LogP contribution in [0.3, 0.4) is 0 Å². The topological polar surface area (TPSA) is 77.2 Å². The van der Waals surface area contributed by atoms with Gasteiger partial charge >= 0.3 is 0 Å². The van der Waals surface area contributed by atoms with Crippen molar-refractivity contribution in [2.75, 3.05) is 0 Å². The molecule has 78 valence electrons. The first-order valence-corrected chi connectivity index (χ1v) is 5.78. The maximum atomic E-state index is 11.7. The molecule has 5 heteroatoms. The van der Waals surface area contributed by atoms with Crippen LogP contribution in [0.2, 0.25) is 0 Å². The van der Waals surface area contributed by atoms with E-state index in [0.29, 0.717) is 0 Å². The van der Waals surface area contributed by atoms with Gasteiger partial charge in [0.1, 0.15) is 4.75 Å². The third-order valence-corrected chi connectivity index (χ3v) is 5.43. The Balaban J connectivity index is 5.35. The lowest BCUT2D eigenvalue weighted by molar-refractivity contribution is -0.120. The minimum absolute atomic E-state index is 0.211. The molecule has 2 N–H and O–H groups in total. The SMILES string of the molecule is CCC(C)(C(N)=O)S(=O)(=O)C(C)C. The van der Waals surface area contributed by atoms with Crippen LogP contribution in [0.15, 0.2) is 0 Å². The predicted molar refractivity (Wildman–Crippen MR) is 51.9 cm³/mol. The number of hydrogen-bond donors (Lipinski definition) is 1. The Labute approximate surface area is 79.4 Å². The van der Waals surface area contributed by atoms with Gasteiger partial charge in [-0.15, -0.1) is 0 Å². The van der Waals surface area contributed by atoms with Crippen molar-refractivity contribution in [3.8, 4) is 0 Å². The molecule has 1 atom stereocenters. The van der Waals surface area contributed by atoms with E-state index in [2.05, 4.69) is 0 Å². The molecule has 0 rings (SSSR count). The van der Waals surface area contributed by atoms with Gasteiger partial charge in [-0.05, 0) is 27.2 Å². The molecule has 0 fully saturated rings. The second-order valence-corrected chi connectivity index (χ2v) is 6.48. The van der Waals surface area contributed by atoms with E-state index in [-0.39, 0.29) is 6.42 Å². The Morgan fingerprint density at radius 1 is 1.46 bits per heavy atom. The Bertz CT molecular complexity index is 295. The zero-order chi connectivity index (χ0) is 10.9. The Morgan fingerprint density at radius 3 is 1.92 bits per heavy atom. The normalized spacial score (nSPS) is 17.0. The van der Waals surface area contributed by atoms with Crippen molar-refractivity contribution in [3.05, 3.63) is 0 Å². The highest BCUT2D eigenvalue weighted by molar-refractivity contribution is 7.94. The summed E-state index contributed by atoms with van der Waals surface area (Å²) in [4.78, 5) is 11.0. The van der Waals surface area contributed by atoms with E-state index in [1.807, 2.05) is 0 Å². The van der Waals surface area contributed by atoms with E-state index in [4.69, 9.17) is 5.73 Å². The van der Waals surface area contributed by atoms with Crippen LogP contribution in [-0.4, -0.2) is 24.3 Å². The third-order valence-electron chi connectivity index (χ3n) is 2.44. The first-order valence-electron chi connectivity index (χ1n) is 4.23. The van der Waals surface area contributed by atoms with Crippen LogP contribution >= 0.6 is 0 Å². The van der Waals surface area contributed by atoms with E-state index < -0.39 is 25.7 Å². The predicted octanol–water partition coefficient (Wildman–Crippen LogP) is 0.464. The van der Waals surface area contributed by atoms with Crippen molar-refractivity contribution < 1.29 is 13.2 Å². The molecule has 0 saturated carbocycles. The fourth-order valence-electron chi connectivity index (χ4n) is 1.04. The zero-order valence-electron chi connectivity index (χ0n) is 8.49. The van der Waals surface area contributed by atoms with E-state index in [0.717, 1.165) is 0 Å². The smallest absolute Gasteiger partial charge is 0.238 e. The van der Waals surface area contributed by atoms with Crippen LogP contribution in [0.1, 0.15) is 34.1 Å². The maximum Gasteiger partial charge on any atom is 0.238 e. The maximum absolute atomic E-state index is 11.7. The molecule has 13 heavy (non-hydrogen) atoms. The Morgan fingerprint density at radius 2 is 1.85 bits per heavy atom. The highest BCUT2D eigenvalue weighted by atomic mass is 32.2. The molecule has 0 aromatic heterocycles. The first kappa shape index (κ1) is 12.4. The van der Waals surface area contributed by atoms with Crippen molar-refractivity contribution >= 4 is 15.7 Å². The summed E-state index contributed by atoms with van der Waals surface area (Å²) in [6.07, 6.45) is 0.211. The number of rotatable bonds is 4. The number of carbonyl (C=O) groups is 1. The first-order chi connectivity index (χ1) is 5.70. The van der Waals surface area contributed by atoms with E-state index >= 15 is 0 Å². The summed E-state index contributed by atoms with van der Waals surface area (Å²) in [5, 5.41) is -0.579. The number of carbonyl (C=O) groups excluding carboxylic acids is 1. The second kappa shape index (κ2) is 3.65. The van der Waals surface area contributed by atoms with Crippen molar-refractivity contribution in [2.45, 2.75) is 44.1 Å². The zero-order valence-corrected chi connectivity index (χ0v) is 9.31. The Hall–Kier alpha value is -0.580. The minimum atomic E-state index is -3.46. The molecular weight excluding hydrogens is 190 g/mol. The number of sulfone groups is 1. The van der Waals surface area contributed by atoms with Crippen LogP contribution < -0.4 is 5.73 Å². The van der Waals surface area contributed by atoms with Gasteiger partial charge in [0.2, 0.25) is 5.91 Å². The van der Waals surface area contributed by atoms with Gasteiger partial charge in [0.15, 0.2) is 9.84 Å². The molecular formula is C8H17NO3S. The summed E-state index contributed by atoms with van der Waals surface area (Å²) in [5.41, 5.74) is 5.09. The minimum Gasteiger partial charge on any atom is -0.368 e. The average molecular weight is 207 g/mol. The number of amides is 1. The summed E-state index contributed by atoms with van der Waals surface area (Å²) in [6, 6.07) is 0. The van der Waals surface area contributed by atoms with Crippen LogP contribution in [0.25, 0.3) is 0 Å². The molecule has 0 aromatic rings. The Kier molecular flexibility index (Phi) is 3.49. The molecule has 0 aliphatic carbocycles. The fraction of sp³-hybridized carbons (Fsp3) is 0.875. The molecule has 0 heterocycles. The summed E-state index contributed by atoms with van der Waals surface area (Å²) >= 11 is 0. The molecule has 0 aliphatic heterocycles. The van der Waals surface area contributed by atoms with Gasteiger partial charge in [-0.3, -0.25) is 4.79 Å². The van der Waals surface area contributed by atoms with E-state index in [1.165, 1.54) is 6.92 Å². The number of hydrogen-bond acceptors (Lipinski definition) is 3. The third kappa shape index (κ3) is 1.85. The fourth-order valence-corrected chi connectivity index (χ4v) is 2.76. The van der Waals surface area contributed by atoms with Gasteiger partial charge in [0.05, 0.1) is 5.25 Å². The number of nitrogens with two attached hydrogens (primary N) is 1. The van der Waals surface area contributed by atoms with Crippen molar-refractivity contribution in [1.29, 1.82) is 0 Å². The molecule has 0 saturated heterocycles. The van der Waals surface area contributed by atoms with Crippen molar-refractivity contribution in [2.24, 2.45) is 5.73 Å². The van der Waals surface area contributed by atoms with Gasteiger partial charge in [0, 0.05) is 0 Å². The van der Waals surface area contributed by atoms with Crippen LogP contribution in [-0.2, 0) is 14.6 Å². The van der Waals surface area contributed by atoms with Crippen LogP contribution in [0.4, 0.5) is 0 Å². The largest absolute Gasteiger partial charge is 0.368 e. The molecule has 1 amide bonds. The molecule has 0 aliphatic rings. The standard InChI is InChI=1S/C8H17NO3S/c1-5-8(4,7(9)10)13(11,12)6(2)3/h6H,5H2,1-4H3,(H2,9,10). The summed E-state index contributed by atoms with van der Waals surface area (Å²) in [5.74, 6) is -0.774. The second-order valence-electron chi connectivity index (χ2n) is 3.54. The van der Waals surface area contributed by atoms with Gasteiger partial charge in [-0.1, -0.05) is 6.92 Å². The highest BCUT2D eigenvalue weighted by Crippen LogP contribution is 2.24. The lowest BCUT2D eigenvalue weighted by Crippen LogP contribution is -2.50. The van der Waals surface area contributed by atoms with Gasteiger partial charge in [-0.2, -0.15) is 0 Å². The highest BCUT2D eigenvalue weighted by Gasteiger charge is 2.44. The lowest BCUT2D eigenvalue weighted by Gasteiger charge is -2.26. The van der Waals surface area contributed by atoms with Gasteiger partial charge < -0.3 is 5.73 Å². The van der Waals surface area contributed by atoms with Crippen LogP contribution in [0, 0.1) is 0 Å². The molecule has 4 nitrogen and oxygen atoms in total. The summed E-state index contributed by atoms with van der Waals surface area (Å²) < 4.78 is 22.0. The van der Waals surface area contributed by atoms with Gasteiger partial charge in [0.25, 0.3) is 0 Å². The average Bonchev–Trinajstić information content (AvgIpc) is 2.01. The lowest BCUT2D eigenvalue weighted by atomic mass is 10.1. The number of primary amides is 1. The quantitative estimate of drug-likeness (QED) is 0.727. The van der Waals surface area contributed by atoms with Gasteiger partial charge in [-0.25, -0.2) is 8.42 Å². The monoisotopic (exact) mass is 207 g/mol. The van der Waals surface area contributed by atoms with E-state index in [1.54, 1.807) is 20.8 Å². The molecule has 0 aromatic carbocycles. The summed E-state index contributed by atoms with van der Waals surface area (Å²) in [6.45, 7) is 6.12. The van der Waals surface area contributed by atoms with E-state index in [9.17, 15) is 13.2 Å². The molecule has 0 bridgehead atoms. The molecule has 0 spiro atoms. The molecule has 0 radical (unpaired) electrons. The van der Waals surface area contributed by atoms with Crippen molar-refractivity contribution in [3.63, 3.8) is 0 Å². The van der Waals surface area contributed by atoms with Crippen molar-refractivity contribution in [1.82, 2.24) is 0 Å². The van der Waals surface area contributed by atoms with Crippen LogP contribution in [0.5, 0.6) is 0 Å².